The number of hydrogen-bond donors (Lipinski definition) is 0. The molecule has 0 aliphatic heterocycles. The molecule has 0 spiro atoms. The number of unbranched alkanes of at least 4 members (excludes halogenated alkanes) is 3. The average molecular weight is 212 g/mol. The lowest BCUT2D eigenvalue weighted by molar-refractivity contribution is 0.0794. The Morgan fingerprint density at radius 3 is 2.53 bits per heavy atom. The molecule has 0 aromatic heterocycles. The molecule has 0 saturated heterocycles. The Bertz CT molecular complexity index is 227. The zero-order valence-corrected chi connectivity index (χ0v) is 9.67. The van der Waals surface area contributed by atoms with Crippen LogP contribution in [0.1, 0.15) is 46.0 Å². The van der Waals surface area contributed by atoms with Crippen molar-refractivity contribution in [2.75, 3.05) is 6.61 Å². The number of ether oxygens (including phenoxy) is 2. The first-order valence-electron chi connectivity index (χ1n) is 5.48. The van der Waals surface area contributed by atoms with Gasteiger partial charge in [-0.05, 0) is 13.3 Å². The highest BCUT2D eigenvalue weighted by Gasteiger charge is 2.06. The van der Waals surface area contributed by atoms with Gasteiger partial charge in [0, 0.05) is 6.42 Å². The van der Waals surface area contributed by atoms with Gasteiger partial charge in [0.25, 0.3) is 0 Å². The van der Waals surface area contributed by atoms with Gasteiger partial charge in [-0.2, -0.15) is 0 Å². The van der Waals surface area contributed by atoms with Crippen molar-refractivity contribution in [1.82, 2.24) is 0 Å². The van der Waals surface area contributed by atoms with Crippen molar-refractivity contribution in [3.05, 3.63) is 18.1 Å². The van der Waals surface area contributed by atoms with Crippen LogP contribution in [0.2, 0.25) is 0 Å². The van der Waals surface area contributed by atoms with E-state index in [1.807, 2.05) is 0 Å². The third-order valence-electron chi connectivity index (χ3n) is 1.92. The lowest BCUT2D eigenvalue weighted by Gasteiger charge is -2.05. The highest BCUT2D eigenvalue weighted by molar-refractivity contribution is 5.61. The molecule has 0 aliphatic carbocycles. The Morgan fingerprint density at radius 1 is 1.27 bits per heavy atom. The summed E-state index contributed by atoms with van der Waals surface area (Å²) in [6, 6.07) is 0. The molecule has 0 amide bonds. The van der Waals surface area contributed by atoms with E-state index in [9.17, 15) is 4.79 Å². The first-order chi connectivity index (χ1) is 7.24. The first-order valence-corrected chi connectivity index (χ1v) is 5.48. The molecule has 0 aromatic carbocycles. The fourth-order valence-electron chi connectivity index (χ4n) is 1.14. The Morgan fingerprint density at radius 2 is 2.00 bits per heavy atom. The molecule has 0 aromatic rings. The molecule has 3 nitrogen and oxygen atoms in total. The topological polar surface area (TPSA) is 35.5 Å². The van der Waals surface area contributed by atoms with E-state index in [1.165, 1.54) is 12.8 Å². The molecular formula is C12H20O3. The molecule has 0 heterocycles. The molecule has 0 saturated carbocycles. The van der Waals surface area contributed by atoms with E-state index in [1.54, 1.807) is 6.92 Å². The summed E-state index contributed by atoms with van der Waals surface area (Å²) < 4.78 is 9.55. The van der Waals surface area contributed by atoms with Gasteiger partial charge in [0.1, 0.15) is 0 Å². The maximum absolute atomic E-state index is 11.0. The van der Waals surface area contributed by atoms with Crippen LogP contribution < -0.4 is 0 Å². The second kappa shape index (κ2) is 9.35. The minimum Gasteiger partial charge on any atom is -0.434 e. The second-order valence-corrected chi connectivity index (χ2v) is 3.20. The highest BCUT2D eigenvalue weighted by atomic mass is 16.7. The lowest BCUT2D eigenvalue weighted by Crippen LogP contribution is -2.06. The van der Waals surface area contributed by atoms with Crippen LogP contribution in [0.3, 0.4) is 0 Å². The van der Waals surface area contributed by atoms with E-state index in [0.29, 0.717) is 18.8 Å². The smallest absolute Gasteiger partial charge is 0.434 e. The molecule has 0 unspecified atom stereocenters. The van der Waals surface area contributed by atoms with Crippen LogP contribution >= 0.6 is 0 Å². The van der Waals surface area contributed by atoms with Gasteiger partial charge < -0.3 is 9.47 Å². The van der Waals surface area contributed by atoms with Gasteiger partial charge in [0.05, 0.1) is 6.61 Å². The molecular weight excluding hydrogens is 192 g/mol. The fourth-order valence-corrected chi connectivity index (χ4v) is 1.14. The summed E-state index contributed by atoms with van der Waals surface area (Å²) in [4.78, 5) is 11.0. The number of carbonyl (C=O) groups excluding carboxylic acids is 1. The minimum atomic E-state index is -0.667. The zero-order valence-electron chi connectivity index (χ0n) is 9.67. The maximum Gasteiger partial charge on any atom is 0.514 e. The van der Waals surface area contributed by atoms with Gasteiger partial charge in [-0.15, -0.1) is 0 Å². The van der Waals surface area contributed by atoms with Crippen molar-refractivity contribution in [3.63, 3.8) is 0 Å². The summed E-state index contributed by atoms with van der Waals surface area (Å²) in [5.74, 6) is 0.476. The normalized spacial score (nSPS) is 9.20. The van der Waals surface area contributed by atoms with Gasteiger partial charge in [-0.3, -0.25) is 0 Å². The fraction of sp³-hybridized carbons (Fsp3) is 0.667. The van der Waals surface area contributed by atoms with E-state index in [2.05, 4.69) is 24.0 Å². The molecule has 0 aliphatic rings. The lowest BCUT2D eigenvalue weighted by atomic mass is 10.1. The summed E-state index contributed by atoms with van der Waals surface area (Å²) in [7, 11) is 0. The van der Waals surface area contributed by atoms with Gasteiger partial charge in [-0.1, -0.05) is 38.5 Å². The van der Waals surface area contributed by atoms with E-state index >= 15 is 0 Å². The summed E-state index contributed by atoms with van der Waals surface area (Å²) in [5.41, 5.74) is 2.61. The number of carbonyl (C=O) groups is 1. The number of hydrogen-bond acceptors (Lipinski definition) is 3. The van der Waals surface area contributed by atoms with E-state index in [0.717, 1.165) is 12.8 Å². The van der Waals surface area contributed by atoms with Gasteiger partial charge in [0.15, 0.2) is 5.76 Å². The van der Waals surface area contributed by atoms with E-state index in [-0.39, 0.29) is 0 Å². The number of allylic oxidation sites excluding steroid dienone is 1. The van der Waals surface area contributed by atoms with Crippen LogP contribution in [0.4, 0.5) is 4.79 Å². The summed E-state index contributed by atoms with van der Waals surface area (Å²) in [6.07, 6.45) is 4.54. The van der Waals surface area contributed by atoms with Crippen LogP contribution in [0, 0.1) is 0 Å². The zero-order chi connectivity index (χ0) is 11.5. The molecule has 0 bridgehead atoms. The summed E-state index contributed by atoms with van der Waals surface area (Å²) in [6.45, 7) is 7.68. The second-order valence-electron chi connectivity index (χ2n) is 3.20. The van der Waals surface area contributed by atoms with Crippen molar-refractivity contribution in [3.8, 4) is 0 Å². The highest BCUT2D eigenvalue weighted by Crippen LogP contribution is 2.10. The molecule has 86 valence electrons. The molecule has 0 radical (unpaired) electrons. The Balaban J connectivity index is 3.75. The molecule has 3 heteroatoms. The maximum atomic E-state index is 11.0. The summed E-state index contributed by atoms with van der Waals surface area (Å²) >= 11 is 0. The third kappa shape index (κ3) is 7.83. The largest absolute Gasteiger partial charge is 0.514 e. The first kappa shape index (κ1) is 13.8. The van der Waals surface area contributed by atoms with Crippen LogP contribution in [-0.4, -0.2) is 12.8 Å². The summed E-state index contributed by atoms with van der Waals surface area (Å²) in [5, 5.41) is 0. The Labute approximate surface area is 91.8 Å². The number of rotatable bonds is 7. The average Bonchev–Trinajstić information content (AvgIpc) is 2.23. The SMILES string of the molecule is C=C=C(CCCCCC)OC(=O)OCC. The monoisotopic (exact) mass is 212 g/mol. The van der Waals surface area contributed by atoms with Crippen LogP contribution in [0.25, 0.3) is 0 Å². The minimum absolute atomic E-state index is 0.319. The molecule has 0 atom stereocenters. The molecule has 15 heavy (non-hydrogen) atoms. The van der Waals surface area contributed by atoms with Crippen molar-refractivity contribution in [2.24, 2.45) is 0 Å². The third-order valence-corrected chi connectivity index (χ3v) is 1.92. The standard InChI is InChI=1S/C12H20O3/c1-4-7-8-9-10-11(5-2)15-12(13)14-6-3/h2,4,6-10H2,1,3H3. The molecule has 0 N–H and O–H groups in total. The van der Waals surface area contributed by atoms with Gasteiger partial charge in [-0.25, -0.2) is 4.79 Å². The van der Waals surface area contributed by atoms with Gasteiger partial charge >= 0.3 is 6.16 Å². The van der Waals surface area contributed by atoms with Crippen molar-refractivity contribution < 1.29 is 14.3 Å². The van der Waals surface area contributed by atoms with E-state index < -0.39 is 6.16 Å². The van der Waals surface area contributed by atoms with Crippen molar-refractivity contribution in [1.29, 1.82) is 0 Å². The van der Waals surface area contributed by atoms with Gasteiger partial charge in [0.2, 0.25) is 0 Å². The quantitative estimate of drug-likeness (QED) is 0.279. The van der Waals surface area contributed by atoms with Crippen molar-refractivity contribution in [2.45, 2.75) is 46.0 Å². The molecule has 0 fully saturated rings. The van der Waals surface area contributed by atoms with Crippen LogP contribution in [-0.2, 0) is 9.47 Å². The predicted octanol–water partition coefficient (Wildman–Crippen LogP) is 3.80. The van der Waals surface area contributed by atoms with Crippen molar-refractivity contribution >= 4 is 6.16 Å². The molecule has 0 rings (SSSR count). The van der Waals surface area contributed by atoms with Crippen LogP contribution in [0.15, 0.2) is 18.1 Å². The van der Waals surface area contributed by atoms with Crippen LogP contribution in [0.5, 0.6) is 0 Å². The Hall–Kier alpha value is -1.21. The Kier molecular flexibility index (Phi) is 8.59. The predicted molar refractivity (Wildman–Crippen MR) is 59.5 cm³/mol. The van der Waals surface area contributed by atoms with E-state index in [4.69, 9.17) is 4.74 Å².